The number of ether oxygens (including phenoxy) is 1. The predicted molar refractivity (Wildman–Crippen MR) is 67.8 cm³/mol. The molecule has 1 aromatic rings. The number of hydrogen-bond acceptors (Lipinski definition) is 3. The first-order chi connectivity index (χ1) is 8.24. The molecule has 3 heteroatoms. The van der Waals surface area contributed by atoms with E-state index in [1.807, 2.05) is 25.1 Å². The van der Waals surface area contributed by atoms with E-state index in [4.69, 9.17) is 9.57 Å². The molecule has 0 radical (unpaired) electrons. The van der Waals surface area contributed by atoms with Crippen molar-refractivity contribution in [1.82, 2.24) is 0 Å². The van der Waals surface area contributed by atoms with Gasteiger partial charge in [0, 0.05) is 18.4 Å². The topological polar surface area (TPSA) is 30.8 Å². The molecule has 0 aromatic heterocycles. The Morgan fingerprint density at radius 3 is 2.59 bits per heavy atom. The van der Waals surface area contributed by atoms with Crippen molar-refractivity contribution >= 4 is 5.71 Å². The number of hydrogen-bond donors (Lipinski definition) is 0. The fraction of sp³-hybridized carbons (Fsp3) is 0.500. The van der Waals surface area contributed by atoms with Crippen molar-refractivity contribution < 1.29 is 9.57 Å². The van der Waals surface area contributed by atoms with E-state index in [1.165, 1.54) is 0 Å². The van der Waals surface area contributed by atoms with Gasteiger partial charge in [0.25, 0.3) is 0 Å². The summed E-state index contributed by atoms with van der Waals surface area (Å²) < 4.78 is 5.52. The van der Waals surface area contributed by atoms with Crippen LogP contribution in [0.3, 0.4) is 0 Å². The van der Waals surface area contributed by atoms with Crippen LogP contribution < -0.4 is 0 Å². The lowest BCUT2D eigenvalue weighted by atomic mass is 9.86. The van der Waals surface area contributed by atoms with Gasteiger partial charge in [0.05, 0.1) is 5.71 Å². The summed E-state index contributed by atoms with van der Waals surface area (Å²) >= 11 is 0. The quantitative estimate of drug-likeness (QED) is 0.803. The summed E-state index contributed by atoms with van der Waals surface area (Å²) in [5, 5.41) is 4.22. The summed E-state index contributed by atoms with van der Waals surface area (Å²) in [6.45, 7) is 6.93. The third-order valence-electron chi connectivity index (χ3n) is 3.30. The van der Waals surface area contributed by atoms with Gasteiger partial charge >= 0.3 is 0 Å². The zero-order chi connectivity index (χ0) is 12.3. The molecule has 0 bridgehead atoms. The Hall–Kier alpha value is -1.35. The molecule has 0 saturated carbocycles. The summed E-state index contributed by atoms with van der Waals surface area (Å²) in [6.07, 6.45) is -0.220. The van der Waals surface area contributed by atoms with E-state index < -0.39 is 0 Å². The minimum Gasteiger partial charge on any atom is -0.363 e. The molecule has 1 heterocycles. The van der Waals surface area contributed by atoms with Crippen molar-refractivity contribution in [2.24, 2.45) is 17.0 Å². The van der Waals surface area contributed by atoms with Gasteiger partial charge in [-0.15, -0.1) is 0 Å². The molecule has 0 spiro atoms. The van der Waals surface area contributed by atoms with Crippen LogP contribution in [-0.2, 0) is 9.57 Å². The van der Waals surface area contributed by atoms with Crippen LogP contribution in [0.25, 0.3) is 0 Å². The van der Waals surface area contributed by atoms with Gasteiger partial charge in [0.15, 0.2) is 0 Å². The van der Waals surface area contributed by atoms with Gasteiger partial charge < -0.3 is 9.57 Å². The maximum Gasteiger partial charge on any atom is 0.230 e. The number of rotatable bonds is 3. The van der Waals surface area contributed by atoms with Crippen LogP contribution in [0, 0.1) is 11.8 Å². The Kier molecular flexibility index (Phi) is 3.79. The molecule has 0 fully saturated rings. The maximum absolute atomic E-state index is 5.52. The van der Waals surface area contributed by atoms with Crippen molar-refractivity contribution in [3.8, 4) is 0 Å². The summed E-state index contributed by atoms with van der Waals surface area (Å²) in [5.74, 6) is 0.644. The fourth-order valence-corrected chi connectivity index (χ4v) is 2.04. The van der Waals surface area contributed by atoms with Crippen molar-refractivity contribution in [2.45, 2.75) is 27.1 Å². The number of oxime groups is 1. The van der Waals surface area contributed by atoms with Gasteiger partial charge in [-0.3, -0.25) is 0 Å². The van der Waals surface area contributed by atoms with Crippen molar-refractivity contribution in [2.75, 3.05) is 6.61 Å². The van der Waals surface area contributed by atoms with E-state index in [1.54, 1.807) is 0 Å². The van der Waals surface area contributed by atoms with E-state index in [2.05, 4.69) is 31.1 Å². The van der Waals surface area contributed by atoms with E-state index in [9.17, 15) is 0 Å². The van der Waals surface area contributed by atoms with E-state index >= 15 is 0 Å². The molecule has 92 valence electrons. The second-order valence-corrected chi connectivity index (χ2v) is 4.42. The van der Waals surface area contributed by atoms with Crippen molar-refractivity contribution in [3.05, 3.63) is 35.9 Å². The molecule has 1 aromatic carbocycles. The first-order valence-electron chi connectivity index (χ1n) is 6.14. The van der Waals surface area contributed by atoms with Crippen LogP contribution in [0.15, 0.2) is 35.5 Å². The predicted octanol–water partition coefficient (Wildman–Crippen LogP) is 3.06. The molecule has 1 aliphatic heterocycles. The highest BCUT2D eigenvalue weighted by Gasteiger charge is 2.33. The lowest BCUT2D eigenvalue weighted by Gasteiger charge is -2.32. The summed E-state index contributed by atoms with van der Waals surface area (Å²) in [7, 11) is 0. The molecule has 0 aliphatic carbocycles. The average Bonchev–Trinajstić information content (AvgIpc) is 2.36. The average molecular weight is 233 g/mol. The third-order valence-corrected chi connectivity index (χ3v) is 3.30. The molecule has 0 amide bonds. The van der Waals surface area contributed by atoms with Gasteiger partial charge in [0.2, 0.25) is 6.29 Å². The molecular weight excluding hydrogens is 214 g/mol. The van der Waals surface area contributed by atoms with Crippen LogP contribution in [0.4, 0.5) is 0 Å². The Morgan fingerprint density at radius 2 is 1.94 bits per heavy atom. The van der Waals surface area contributed by atoms with Crippen molar-refractivity contribution in [1.29, 1.82) is 0 Å². The van der Waals surface area contributed by atoms with Crippen LogP contribution >= 0.6 is 0 Å². The molecule has 2 rings (SSSR count). The fourth-order valence-electron chi connectivity index (χ4n) is 2.04. The van der Waals surface area contributed by atoms with E-state index in [-0.39, 0.29) is 6.29 Å². The highest BCUT2D eigenvalue weighted by molar-refractivity contribution is 6.02. The van der Waals surface area contributed by atoms with Gasteiger partial charge in [-0.05, 0) is 12.5 Å². The van der Waals surface area contributed by atoms with Crippen LogP contribution in [0.2, 0.25) is 0 Å². The molecule has 1 aliphatic rings. The standard InChI is InChI=1S/C14H19NO2/c1-4-16-14-11(3)10(2)13(15-17-14)12-8-6-5-7-9-12/h5-11,14H,4H2,1-3H3/t10-,11-,14-/m1/s1. The normalized spacial score (nSPS) is 28.4. The smallest absolute Gasteiger partial charge is 0.230 e. The Bertz CT molecular complexity index is 388. The third kappa shape index (κ3) is 2.50. The number of nitrogens with zero attached hydrogens (tertiary/aromatic N) is 1. The summed E-state index contributed by atoms with van der Waals surface area (Å²) in [5.41, 5.74) is 2.14. The zero-order valence-corrected chi connectivity index (χ0v) is 10.6. The lowest BCUT2D eigenvalue weighted by molar-refractivity contribution is -0.179. The Morgan fingerprint density at radius 1 is 1.24 bits per heavy atom. The van der Waals surface area contributed by atoms with Crippen LogP contribution in [0.1, 0.15) is 26.3 Å². The van der Waals surface area contributed by atoms with E-state index in [0.29, 0.717) is 18.4 Å². The van der Waals surface area contributed by atoms with Crippen molar-refractivity contribution in [3.63, 3.8) is 0 Å². The molecule has 3 nitrogen and oxygen atoms in total. The lowest BCUT2D eigenvalue weighted by Crippen LogP contribution is -2.37. The minimum atomic E-state index is -0.220. The summed E-state index contributed by atoms with van der Waals surface area (Å²) in [4.78, 5) is 5.43. The Balaban J connectivity index is 2.21. The van der Waals surface area contributed by atoms with Crippen LogP contribution in [0.5, 0.6) is 0 Å². The van der Waals surface area contributed by atoms with Gasteiger partial charge in [-0.25, -0.2) is 0 Å². The largest absolute Gasteiger partial charge is 0.363 e. The second kappa shape index (κ2) is 5.32. The van der Waals surface area contributed by atoms with Gasteiger partial charge in [0.1, 0.15) is 0 Å². The first kappa shape index (κ1) is 12.1. The maximum atomic E-state index is 5.52. The zero-order valence-electron chi connectivity index (χ0n) is 10.6. The SMILES string of the molecule is CCO[C@@H]1ON=C(c2ccccc2)[C@H](C)[C@H]1C. The molecule has 0 N–H and O–H groups in total. The van der Waals surface area contributed by atoms with Gasteiger partial charge in [-0.1, -0.05) is 49.3 Å². The van der Waals surface area contributed by atoms with Crippen LogP contribution in [-0.4, -0.2) is 18.6 Å². The number of benzene rings is 1. The Labute approximate surface area is 102 Å². The molecular formula is C14H19NO2. The molecule has 0 unspecified atom stereocenters. The highest BCUT2D eigenvalue weighted by Crippen LogP contribution is 2.28. The van der Waals surface area contributed by atoms with E-state index in [0.717, 1.165) is 11.3 Å². The minimum absolute atomic E-state index is 0.220. The first-order valence-corrected chi connectivity index (χ1v) is 6.14. The molecule has 3 atom stereocenters. The molecule has 17 heavy (non-hydrogen) atoms. The highest BCUT2D eigenvalue weighted by atomic mass is 16.8. The second-order valence-electron chi connectivity index (χ2n) is 4.42. The monoisotopic (exact) mass is 233 g/mol. The summed E-state index contributed by atoms with van der Waals surface area (Å²) in [6, 6.07) is 10.2. The molecule has 0 saturated heterocycles. The van der Waals surface area contributed by atoms with Gasteiger partial charge in [-0.2, -0.15) is 0 Å².